The standard InChI is InChI=1S/C14H13ClN2/c1-9-6-13(4-5-14(9)15)17-10(2)7-12(8-16)11(17)3/h4-7H,1-3H3. The van der Waals surface area contributed by atoms with Gasteiger partial charge in [0.25, 0.3) is 0 Å². The van der Waals surface area contributed by atoms with Crippen molar-refractivity contribution in [2.75, 3.05) is 0 Å². The van der Waals surface area contributed by atoms with Gasteiger partial charge in [0.2, 0.25) is 0 Å². The highest BCUT2D eigenvalue weighted by Crippen LogP contribution is 2.23. The monoisotopic (exact) mass is 244 g/mol. The van der Waals surface area contributed by atoms with Crippen LogP contribution in [0.3, 0.4) is 0 Å². The molecule has 2 nitrogen and oxygen atoms in total. The van der Waals surface area contributed by atoms with Crippen molar-refractivity contribution < 1.29 is 0 Å². The summed E-state index contributed by atoms with van der Waals surface area (Å²) in [5.74, 6) is 0. The smallest absolute Gasteiger partial charge is 0.101 e. The normalized spacial score (nSPS) is 10.3. The number of benzene rings is 1. The summed E-state index contributed by atoms with van der Waals surface area (Å²) in [7, 11) is 0. The number of hydrogen-bond donors (Lipinski definition) is 0. The summed E-state index contributed by atoms with van der Waals surface area (Å²) in [5, 5.41) is 9.78. The van der Waals surface area contributed by atoms with Gasteiger partial charge in [-0.15, -0.1) is 0 Å². The molecule has 0 aliphatic rings. The Labute approximate surface area is 106 Å². The van der Waals surface area contributed by atoms with Crippen LogP contribution in [0.15, 0.2) is 24.3 Å². The van der Waals surface area contributed by atoms with Gasteiger partial charge in [-0.2, -0.15) is 5.26 Å². The molecule has 3 heteroatoms. The molecule has 0 amide bonds. The van der Waals surface area contributed by atoms with Gasteiger partial charge in [-0.05, 0) is 50.6 Å². The molecule has 2 aromatic rings. The molecule has 0 aliphatic carbocycles. The number of nitriles is 1. The molecule has 0 saturated heterocycles. The highest BCUT2D eigenvalue weighted by atomic mass is 35.5. The molecule has 0 N–H and O–H groups in total. The molecule has 17 heavy (non-hydrogen) atoms. The lowest BCUT2D eigenvalue weighted by molar-refractivity contribution is 0.962. The Kier molecular flexibility index (Phi) is 2.95. The zero-order chi connectivity index (χ0) is 12.6. The molecule has 0 bridgehead atoms. The summed E-state index contributed by atoms with van der Waals surface area (Å²) < 4.78 is 2.07. The summed E-state index contributed by atoms with van der Waals surface area (Å²) in [6, 6.07) is 9.99. The van der Waals surface area contributed by atoms with Crippen molar-refractivity contribution in [2.45, 2.75) is 20.8 Å². The van der Waals surface area contributed by atoms with Crippen LogP contribution in [0.1, 0.15) is 22.5 Å². The third kappa shape index (κ3) is 1.94. The first-order valence-corrected chi connectivity index (χ1v) is 5.78. The first-order chi connectivity index (χ1) is 8.04. The van der Waals surface area contributed by atoms with E-state index < -0.39 is 0 Å². The van der Waals surface area contributed by atoms with Crippen molar-refractivity contribution in [3.8, 4) is 11.8 Å². The average Bonchev–Trinajstić information content (AvgIpc) is 2.58. The van der Waals surface area contributed by atoms with Gasteiger partial charge in [0.1, 0.15) is 6.07 Å². The van der Waals surface area contributed by atoms with Crippen LogP contribution in [0.2, 0.25) is 5.02 Å². The van der Waals surface area contributed by atoms with Gasteiger partial charge in [0, 0.05) is 22.1 Å². The van der Waals surface area contributed by atoms with E-state index >= 15 is 0 Å². The van der Waals surface area contributed by atoms with Crippen LogP contribution in [0.5, 0.6) is 0 Å². The molecular weight excluding hydrogens is 232 g/mol. The summed E-state index contributed by atoms with van der Waals surface area (Å²) in [4.78, 5) is 0. The van der Waals surface area contributed by atoms with E-state index in [1.807, 2.05) is 45.0 Å². The summed E-state index contributed by atoms with van der Waals surface area (Å²) in [6.45, 7) is 5.93. The molecule has 0 unspecified atom stereocenters. The molecule has 0 aliphatic heterocycles. The molecule has 0 radical (unpaired) electrons. The van der Waals surface area contributed by atoms with Crippen LogP contribution >= 0.6 is 11.6 Å². The second-order valence-corrected chi connectivity index (χ2v) is 4.57. The van der Waals surface area contributed by atoms with Crippen LogP contribution in [-0.2, 0) is 0 Å². The van der Waals surface area contributed by atoms with Gasteiger partial charge >= 0.3 is 0 Å². The summed E-state index contributed by atoms with van der Waals surface area (Å²) >= 11 is 6.02. The Bertz CT molecular complexity index is 618. The third-order valence-corrected chi connectivity index (χ3v) is 3.38. The van der Waals surface area contributed by atoms with Crippen LogP contribution in [0, 0.1) is 32.1 Å². The molecule has 2 rings (SSSR count). The number of rotatable bonds is 1. The van der Waals surface area contributed by atoms with Crippen molar-refractivity contribution in [3.05, 3.63) is 51.8 Å². The summed E-state index contributed by atoms with van der Waals surface area (Å²) in [6.07, 6.45) is 0. The minimum Gasteiger partial charge on any atom is -0.317 e. The van der Waals surface area contributed by atoms with E-state index in [1.165, 1.54) is 0 Å². The van der Waals surface area contributed by atoms with Gasteiger partial charge in [-0.1, -0.05) is 11.6 Å². The highest BCUT2D eigenvalue weighted by molar-refractivity contribution is 6.31. The van der Waals surface area contributed by atoms with Crippen LogP contribution < -0.4 is 0 Å². The van der Waals surface area contributed by atoms with Gasteiger partial charge in [-0.3, -0.25) is 0 Å². The minimum atomic E-state index is 0.718. The zero-order valence-electron chi connectivity index (χ0n) is 10.1. The van der Waals surface area contributed by atoms with Gasteiger partial charge < -0.3 is 4.57 Å². The number of nitrogens with zero attached hydrogens (tertiary/aromatic N) is 2. The van der Waals surface area contributed by atoms with Gasteiger partial charge in [0.15, 0.2) is 0 Å². The van der Waals surface area contributed by atoms with Crippen LogP contribution in [-0.4, -0.2) is 4.57 Å². The van der Waals surface area contributed by atoms with Crippen molar-refractivity contribution in [3.63, 3.8) is 0 Å². The minimum absolute atomic E-state index is 0.718. The third-order valence-electron chi connectivity index (χ3n) is 2.95. The molecule has 1 aromatic carbocycles. The van der Waals surface area contributed by atoms with E-state index in [4.69, 9.17) is 16.9 Å². The SMILES string of the molecule is Cc1cc(-n2c(C)cc(C#N)c2C)ccc1Cl. The fraction of sp³-hybridized carbons (Fsp3) is 0.214. The molecule has 0 spiro atoms. The van der Waals surface area contributed by atoms with Gasteiger partial charge in [0.05, 0.1) is 5.56 Å². The van der Waals surface area contributed by atoms with E-state index in [9.17, 15) is 0 Å². The number of aryl methyl sites for hydroxylation is 2. The van der Waals surface area contributed by atoms with Crippen molar-refractivity contribution >= 4 is 11.6 Å². The Morgan fingerprint density at radius 3 is 2.41 bits per heavy atom. The Balaban J connectivity index is 2.65. The van der Waals surface area contributed by atoms with Gasteiger partial charge in [-0.25, -0.2) is 0 Å². The molecule has 0 saturated carbocycles. The fourth-order valence-electron chi connectivity index (χ4n) is 2.04. The lowest BCUT2D eigenvalue weighted by Crippen LogP contribution is -1.99. The first-order valence-electron chi connectivity index (χ1n) is 5.40. The largest absolute Gasteiger partial charge is 0.317 e. The maximum atomic E-state index is 9.02. The summed E-state index contributed by atoms with van der Waals surface area (Å²) in [5.41, 5.74) is 4.82. The molecule has 0 atom stereocenters. The quantitative estimate of drug-likeness (QED) is 0.747. The lowest BCUT2D eigenvalue weighted by Gasteiger charge is -2.10. The van der Waals surface area contributed by atoms with E-state index in [0.29, 0.717) is 0 Å². The van der Waals surface area contributed by atoms with Crippen molar-refractivity contribution in [2.24, 2.45) is 0 Å². The second-order valence-electron chi connectivity index (χ2n) is 4.17. The van der Waals surface area contributed by atoms with E-state index in [0.717, 1.165) is 33.2 Å². The molecule has 0 fully saturated rings. The second kappa shape index (κ2) is 4.27. The fourth-order valence-corrected chi connectivity index (χ4v) is 2.16. The molecular formula is C14H13ClN2. The van der Waals surface area contributed by atoms with Crippen LogP contribution in [0.4, 0.5) is 0 Å². The number of halogens is 1. The van der Waals surface area contributed by atoms with E-state index in [1.54, 1.807) is 0 Å². The van der Waals surface area contributed by atoms with Crippen LogP contribution in [0.25, 0.3) is 5.69 Å². The predicted octanol–water partition coefficient (Wildman–Crippen LogP) is 3.93. The van der Waals surface area contributed by atoms with E-state index in [-0.39, 0.29) is 0 Å². The number of aromatic nitrogens is 1. The molecule has 1 heterocycles. The maximum Gasteiger partial charge on any atom is 0.101 e. The zero-order valence-corrected chi connectivity index (χ0v) is 10.8. The number of hydrogen-bond acceptors (Lipinski definition) is 1. The Morgan fingerprint density at radius 1 is 1.18 bits per heavy atom. The highest BCUT2D eigenvalue weighted by Gasteiger charge is 2.10. The lowest BCUT2D eigenvalue weighted by atomic mass is 10.2. The first kappa shape index (κ1) is 11.8. The average molecular weight is 245 g/mol. The van der Waals surface area contributed by atoms with Crippen molar-refractivity contribution in [1.82, 2.24) is 4.57 Å². The Morgan fingerprint density at radius 2 is 1.88 bits per heavy atom. The predicted molar refractivity (Wildman–Crippen MR) is 69.7 cm³/mol. The Hall–Kier alpha value is -1.72. The topological polar surface area (TPSA) is 28.7 Å². The molecule has 1 aromatic heterocycles. The maximum absolute atomic E-state index is 9.02. The molecule has 86 valence electrons. The van der Waals surface area contributed by atoms with Crippen molar-refractivity contribution in [1.29, 1.82) is 5.26 Å². The van der Waals surface area contributed by atoms with E-state index in [2.05, 4.69) is 10.6 Å².